The van der Waals surface area contributed by atoms with Crippen LogP contribution in [0.5, 0.6) is 0 Å². The fraction of sp³-hybridized carbons (Fsp3) is 0.500. The molecule has 1 aliphatic carbocycles. The van der Waals surface area contributed by atoms with Gasteiger partial charge in [0.2, 0.25) is 5.91 Å². The number of carbonyl (C=O) groups excluding carboxylic acids is 1. The fourth-order valence-corrected chi connectivity index (χ4v) is 5.64. The van der Waals surface area contributed by atoms with Crippen LogP contribution in [0.25, 0.3) is 0 Å². The van der Waals surface area contributed by atoms with Gasteiger partial charge in [-0.05, 0) is 41.7 Å². The molecule has 0 radical (unpaired) electrons. The van der Waals surface area contributed by atoms with Gasteiger partial charge in [0.25, 0.3) is 0 Å². The lowest BCUT2D eigenvalue weighted by Crippen LogP contribution is -2.44. The molecule has 3 heteroatoms. The van der Waals surface area contributed by atoms with Crippen LogP contribution in [0, 0.1) is 17.8 Å². The summed E-state index contributed by atoms with van der Waals surface area (Å²) in [5.41, 5.74) is 2.53. The zero-order chi connectivity index (χ0) is 20.4. The number of carbonyl (C=O) groups is 1. The summed E-state index contributed by atoms with van der Waals surface area (Å²) in [5.74, 6) is 1.87. The highest BCUT2D eigenvalue weighted by Crippen LogP contribution is 2.42. The van der Waals surface area contributed by atoms with E-state index in [9.17, 15) is 4.79 Å². The highest BCUT2D eigenvalue weighted by Gasteiger charge is 2.45. The number of rotatable bonds is 6. The minimum Gasteiger partial charge on any atom is -0.342 e. The number of hydrogen-bond donors (Lipinski definition) is 0. The van der Waals surface area contributed by atoms with E-state index in [4.69, 9.17) is 0 Å². The van der Waals surface area contributed by atoms with E-state index in [1.807, 2.05) is 25.2 Å². The van der Waals surface area contributed by atoms with Crippen LogP contribution in [-0.2, 0) is 11.3 Å². The van der Waals surface area contributed by atoms with Gasteiger partial charge in [0, 0.05) is 32.7 Å². The minimum absolute atomic E-state index is 0.0536. The molecule has 1 heterocycles. The average molecular weight is 391 g/mol. The zero-order valence-electron chi connectivity index (χ0n) is 18.0. The normalized spacial score (nSPS) is 25.2. The molecule has 1 unspecified atom stereocenters. The van der Waals surface area contributed by atoms with E-state index in [0.29, 0.717) is 23.8 Å². The Morgan fingerprint density at radius 3 is 2.31 bits per heavy atom. The Balaban J connectivity index is 1.45. The van der Waals surface area contributed by atoms with E-state index < -0.39 is 0 Å². The molecule has 1 amide bonds. The Labute approximate surface area is 175 Å². The monoisotopic (exact) mass is 390 g/mol. The Bertz CT molecular complexity index is 804. The van der Waals surface area contributed by atoms with Crippen molar-refractivity contribution in [1.29, 1.82) is 0 Å². The van der Waals surface area contributed by atoms with E-state index in [1.165, 1.54) is 18.5 Å². The predicted molar refractivity (Wildman–Crippen MR) is 119 cm³/mol. The summed E-state index contributed by atoms with van der Waals surface area (Å²) in [7, 11) is 2.05. The molecular weight excluding hydrogens is 356 g/mol. The number of likely N-dealkylation sites (N-methyl/N-ethyl adjacent to an activating group) is 1. The molecule has 3 nitrogen and oxygen atoms in total. The average Bonchev–Trinajstić information content (AvgIpc) is 3.29. The van der Waals surface area contributed by atoms with Gasteiger partial charge in [-0.2, -0.15) is 0 Å². The lowest BCUT2D eigenvalue weighted by atomic mass is 9.86. The molecule has 29 heavy (non-hydrogen) atoms. The van der Waals surface area contributed by atoms with Gasteiger partial charge in [0.05, 0.1) is 5.92 Å². The first kappa shape index (κ1) is 20.2. The molecule has 0 bridgehead atoms. The molecule has 2 aliphatic rings. The van der Waals surface area contributed by atoms with Crippen LogP contribution in [-0.4, -0.2) is 41.9 Å². The van der Waals surface area contributed by atoms with Gasteiger partial charge in [-0.25, -0.2) is 0 Å². The summed E-state index contributed by atoms with van der Waals surface area (Å²) in [6, 6.07) is 21.4. The van der Waals surface area contributed by atoms with Crippen molar-refractivity contribution >= 4 is 5.91 Å². The van der Waals surface area contributed by atoms with Crippen molar-refractivity contribution in [2.24, 2.45) is 17.8 Å². The smallest absolute Gasteiger partial charge is 0.230 e. The number of fused-ring (bicyclic) bond motifs is 1. The number of benzene rings is 2. The lowest BCUT2D eigenvalue weighted by molar-refractivity contribution is -0.135. The topological polar surface area (TPSA) is 23.6 Å². The van der Waals surface area contributed by atoms with Crippen LogP contribution in [0.4, 0.5) is 0 Å². The fourth-order valence-electron chi connectivity index (χ4n) is 5.64. The van der Waals surface area contributed by atoms with Gasteiger partial charge in [0.1, 0.15) is 0 Å². The second-order valence-corrected chi connectivity index (χ2v) is 9.33. The molecule has 2 aromatic carbocycles. The summed E-state index contributed by atoms with van der Waals surface area (Å²) >= 11 is 0. The largest absolute Gasteiger partial charge is 0.342 e. The Morgan fingerprint density at radius 1 is 1.00 bits per heavy atom. The molecule has 154 valence electrons. The van der Waals surface area contributed by atoms with Crippen molar-refractivity contribution in [3.05, 3.63) is 71.8 Å². The first-order valence-electron chi connectivity index (χ1n) is 11.1. The zero-order valence-corrected chi connectivity index (χ0v) is 18.0. The molecule has 2 fully saturated rings. The van der Waals surface area contributed by atoms with E-state index >= 15 is 0 Å². The van der Waals surface area contributed by atoms with Gasteiger partial charge in [0.15, 0.2) is 0 Å². The standard InChI is InChI=1S/C26H34N2O/c1-19(2)25(21-12-8-5-9-13-21)26(29)27(3)24-15-14-22-17-28(18-23(22)24)16-20-10-6-4-7-11-20/h4-13,19,22-25H,14-18H2,1-3H3/t22-,23+,24+,25?/m0/s1. The molecule has 1 aliphatic heterocycles. The van der Waals surface area contributed by atoms with Crippen molar-refractivity contribution in [3.63, 3.8) is 0 Å². The lowest BCUT2D eigenvalue weighted by Gasteiger charge is -2.34. The summed E-state index contributed by atoms with van der Waals surface area (Å²) in [5, 5.41) is 0. The van der Waals surface area contributed by atoms with Crippen molar-refractivity contribution in [2.45, 2.75) is 45.2 Å². The van der Waals surface area contributed by atoms with Gasteiger partial charge < -0.3 is 4.90 Å². The maximum absolute atomic E-state index is 13.5. The second-order valence-electron chi connectivity index (χ2n) is 9.33. The number of amides is 1. The molecule has 4 rings (SSSR count). The van der Waals surface area contributed by atoms with Crippen LogP contribution < -0.4 is 0 Å². The first-order valence-corrected chi connectivity index (χ1v) is 11.1. The van der Waals surface area contributed by atoms with Gasteiger partial charge >= 0.3 is 0 Å². The van der Waals surface area contributed by atoms with Crippen LogP contribution in [0.1, 0.15) is 43.7 Å². The van der Waals surface area contributed by atoms with E-state index in [0.717, 1.165) is 31.0 Å². The molecule has 4 atom stereocenters. The summed E-state index contributed by atoms with van der Waals surface area (Å²) in [6.07, 6.45) is 2.40. The molecule has 1 saturated carbocycles. The van der Waals surface area contributed by atoms with Crippen LogP contribution in [0.3, 0.4) is 0 Å². The van der Waals surface area contributed by atoms with Crippen molar-refractivity contribution in [2.75, 3.05) is 20.1 Å². The first-order chi connectivity index (χ1) is 14.0. The molecule has 0 N–H and O–H groups in total. The Morgan fingerprint density at radius 2 is 1.66 bits per heavy atom. The van der Waals surface area contributed by atoms with Crippen molar-refractivity contribution in [3.8, 4) is 0 Å². The second kappa shape index (κ2) is 8.71. The maximum atomic E-state index is 13.5. The van der Waals surface area contributed by atoms with Crippen molar-refractivity contribution < 1.29 is 4.79 Å². The maximum Gasteiger partial charge on any atom is 0.230 e. The van der Waals surface area contributed by atoms with Crippen LogP contribution >= 0.6 is 0 Å². The summed E-state index contributed by atoms with van der Waals surface area (Å²) in [4.78, 5) is 18.2. The van der Waals surface area contributed by atoms with Crippen LogP contribution in [0.2, 0.25) is 0 Å². The quantitative estimate of drug-likeness (QED) is 0.708. The number of hydrogen-bond acceptors (Lipinski definition) is 2. The highest BCUT2D eigenvalue weighted by atomic mass is 16.2. The summed E-state index contributed by atoms with van der Waals surface area (Å²) in [6.45, 7) is 7.64. The van der Waals surface area contributed by atoms with E-state index in [-0.39, 0.29) is 5.92 Å². The molecule has 0 aromatic heterocycles. The molecule has 1 saturated heterocycles. The van der Waals surface area contributed by atoms with E-state index in [2.05, 4.69) is 66.1 Å². The molecular formula is C26H34N2O. The van der Waals surface area contributed by atoms with Crippen molar-refractivity contribution in [1.82, 2.24) is 9.80 Å². The third kappa shape index (κ3) is 4.25. The number of nitrogens with zero attached hydrogens (tertiary/aromatic N) is 2. The Kier molecular flexibility index (Phi) is 6.05. The minimum atomic E-state index is -0.0536. The van der Waals surface area contributed by atoms with Crippen LogP contribution in [0.15, 0.2) is 60.7 Å². The number of likely N-dealkylation sites (tertiary alicyclic amines) is 1. The van der Waals surface area contributed by atoms with E-state index in [1.54, 1.807) is 0 Å². The third-order valence-corrected chi connectivity index (χ3v) is 7.08. The van der Waals surface area contributed by atoms with Gasteiger partial charge in [-0.3, -0.25) is 9.69 Å². The SMILES string of the molecule is CC(C)C(C(=O)N(C)[C@@H]1CC[C@H]2CN(Cc3ccccc3)C[C@H]21)c1ccccc1. The summed E-state index contributed by atoms with van der Waals surface area (Å²) < 4.78 is 0. The third-order valence-electron chi connectivity index (χ3n) is 7.08. The molecule has 0 spiro atoms. The van der Waals surface area contributed by atoms with Gasteiger partial charge in [-0.15, -0.1) is 0 Å². The molecule has 2 aromatic rings. The highest BCUT2D eigenvalue weighted by molar-refractivity contribution is 5.84. The van der Waals surface area contributed by atoms with Gasteiger partial charge in [-0.1, -0.05) is 74.5 Å². The predicted octanol–water partition coefficient (Wildman–Crippen LogP) is 4.80. The Hall–Kier alpha value is -2.13.